The van der Waals surface area contributed by atoms with Crippen LogP contribution in [0.25, 0.3) is 5.83 Å². The van der Waals surface area contributed by atoms with Crippen LogP contribution in [0.3, 0.4) is 0 Å². The Morgan fingerprint density at radius 1 is 1.38 bits per heavy atom. The molecule has 1 unspecified atom stereocenters. The second-order valence-electron chi connectivity index (χ2n) is 7.14. The van der Waals surface area contributed by atoms with Gasteiger partial charge in [-0.05, 0) is 56.0 Å². The van der Waals surface area contributed by atoms with Crippen molar-refractivity contribution in [1.29, 1.82) is 0 Å². The molecule has 1 aliphatic heterocycles. The van der Waals surface area contributed by atoms with Crippen LogP contribution >= 0.6 is 12.2 Å². The van der Waals surface area contributed by atoms with E-state index in [0.29, 0.717) is 33.0 Å². The third kappa shape index (κ3) is 3.90. The van der Waals surface area contributed by atoms with Gasteiger partial charge in [-0.25, -0.2) is 9.18 Å². The van der Waals surface area contributed by atoms with E-state index in [-0.39, 0.29) is 24.5 Å². The molecule has 0 bridgehead atoms. The second kappa shape index (κ2) is 8.57. The molecule has 1 N–H and O–H groups in total. The van der Waals surface area contributed by atoms with Gasteiger partial charge in [0.25, 0.3) is 0 Å². The topological polar surface area (TPSA) is 47.6 Å². The Kier molecular flexibility index (Phi) is 6.31. The number of hydrogen-bond acceptors (Lipinski definition) is 5. The summed E-state index contributed by atoms with van der Waals surface area (Å²) in [6.45, 7) is 1.48. The lowest BCUT2D eigenvalue weighted by Crippen LogP contribution is -2.10. The van der Waals surface area contributed by atoms with Crippen molar-refractivity contribution in [2.24, 2.45) is 5.92 Å². The number of anilines is 1. The number of ether oxygens (including phenoxy) is 2. The standard InChI is InChI=1S/C21H22F3NO3S/c1-10-14-9-28-20(26)16(14)18(25-2)13(15(10)17(22)19(23)24)7-5-11-4-6-12(8-11)21(29)27-3/h5,12,25H,4,6-9H2,1-3H3. The highest BCUT2D eigenvalue weighted by Crippen LogP contribution is 2.42. The predicted molar refractivity (Wildman–Crippen MR) is 109 cm³/mol. The Morgan fingerprint density at radius 3 is 2.72 bits per heavy atom. The highest BCUT2D eigenvalue weighted by molar-refractivity contribution is 7.80. The zero-order valence-electron chi connectivity index (χ0n) is 16.5. The zero-order chi connectivity index (χ0) is 21.3. The Morgan fingerprint density at radius 2 is 2.10 bits per heavy atom. The van der Waals surface area contributed by atoms with Crippen LogP contribution in [0.15, 0.2) is 17.7 Å². The molecule has 0 saturated heterocycles. The number of thiocarbonyl (C=S) groups is 1. The molecule has 1 aromatic rings. The number of carbonyl (C=O) groups is 1. The molecule has 0 aromatic heterocycles. The molecule has 29 heavy (non-hydrogen) atoms. The first-order chi connectivity index (χ1) is 13.8. The minimum atomic E-state index is -2.39. The van der Waals surface area contributed by atoms with Gasteiger partial charge in [-0.3, -0.25) is 0 Å². The first-order valence-electron chi connectivity index (χ1n) is 9.30. The van der Waals surface area contributed by atoms with Crippen LogP contribution in [0.1, 0.15) is 51.9 Å². The number of hydrogen-bond donors (Lipinski definition) is 1. The number of rotatable bonds is 5. The van der Waals surface area contributed by atoms with Crippen molar-refractivity contribution < 1.29 is 27.4 Å². The summed E-state index contributed by atoms with van der Waals surface area (Å²) >= 11 is 5.20. The molecule has 4 nitrogen and oxygen atoms in total. The van der Waals surface area contributed by atoms with Gasteiger partial charge in [0.15, 0.2) is 10.9 Å². The largest absolute Gasteiger partial charge is 0.490 e. The summed E-state index contributed by atoms with van der Waals surface area (Å²) in [6.07, 6.45) is 2.11. The minimum Gasteiger partial charge on any atom is -0.490 e. The normalized spacial score (nSPS) is 19.2. The van der Waals surface area contributed by atoms with E-state index < -0.39 is 17.9 Å². The molecule has 1 saturated carbocycles. The number of benzene rings is 1. The molecule has 0 spiro atoms. The number of fused-ring (bicyclic) bond motifs is 1. The van der Waals surface area contributed by atoms with Crippen molar-refractivity contribution in [2.75, 3.05) is 19.5 Å². The fourth-order valence-electron chi connectivity index (χ4n) is 4.16. The average Bonchev–Trinajstić information content (AvgIpc) is 3.33. The molecular formula is C21H22F3NO3S. The predicted octanol–water partition coefficient (Wildman–Crippen LogP) is 5.48. The molecule has 2 aliphatic rings. The van der Waals surface area contributed by atoms with Crippen molar-refractivity contribution in [1.82, 2.24) is 0 Å². The van der Waals surface area contributed by atoms with Gasteiger partial charge in [0.1, 0.15) is 6.61 Å². The maximum Gasteiger partial charge on any atom is 0.341 e. The van der Waals surface area contributed by atoms with Crippen LogP contribution < -0.4 is 5.32 Å². The summed E-state index contributed by atoms with van der Waals surface area (Å²) in [7, 11) is 3.12. The van der Waals surface area contributed by atoms with E-state index in [1.165, 1.54) is 6.92 Å². The minimum absolute atomic E-state index is 0.0552. The van der Waals surface area contributed by atoms with E-state index in [0.717, 1.165) is 24.8 Å². The number of carbonyl (C=O) groups excluding carboxylic acids is 1. The lowest BCUT2D eigenvalue weighted by Gasteiger charge is -2.19. The SMILES string of the molecule is CNc1c(CC=C2CCC(C(=S)OC)C2)c(C(F)=C(F)F)c(C)c2c1C(=O)OC2. The van der Waals surface area contributed by atoms with Gasteiger partial charge < -0.3 is 14.8 Å². The lowest BCUT2D eigenvalue weighted by atomic mass is 9.88. The van der Waals surface area contributed by atoms with E-state index in [2.05, 4.69) is 5.32 Å². The lowest BCUT2D eigenvalue weighted by molar-refractivity contribution is 0.0535. The number of nitrogens with one attached hydrogen (secondary N) is 1. The second-order valence-corrected chi connectivity index (χ2v) is 7.54. The molecular weight excluding hydrogens is 403 g/mol. The van der Waals surface area contributed by atoms with Crippen molar-refractivity contribution in [2.45, 2.75) is 39.2 Å². The molecule has 1 atom stereocenters. The number of esters is 1. The highest BCUT2D eigenvalue weighted by Gasteiger charge is 2.33. The fraction of sp³-hybridized carbons (Fsp3) is 0.429. The zero-order valence-corrected chi connectivity index (χ0v) is 17.3. The van der Waals surface area contributed by atoms with E-state index in [1.807, 2.05) is 6.08 Å². The average molecular weight is 425 g/mol. The molecule has 1 aliphatic carbocycles. The van der Waals surface area contributed by atoms with Crippen LogP contribution in [0.2, 0.25) is 0 Å². The summed E-state index contributed by atoms with van der Waals surface area (Å²) < 4.78 is 51.1. The molecule has 1 fully saturated rings. The van der Waals surface area contributed by atoms with Crippen molar-refractivity contribution in [3.8, 4) is 0 Å². The van der Waals surface area contributed by atoms with Crippen molar-refractivity contribution >= 4 is 34.8 Å². The van der Waals surface area contributed by atoms with E-state index in [1.54, 1.807) is 14.2 Å². The number of methoxy groups -OCH3 is 1. The molecule has 8 heteroatoms. The van der Waals surface area contributed by atoms with Crippen molar-refractivity contribution in [3.05, 3.63) is 45.5 Å². The third-order valence-corrected chi connectivity index (χ3v) is 6.12. The maximum atomic E-state index is 14.5. The first-order valence-corrected chi connectivity index (χ1v) is 9.70. The Balaban J connectivity index is 2.08. The van der Waals surface area contributed by atoms with Gasteiger partial charge in [-0.15, -0.1) is 0 Å². The molecule has 1 aromatic carbocycles. The first kappa shape index (κ1) is 21.4. The van der Waals surface area contributed by atoms with Gasteiger partial charge >= 0.3 is 12.0 Å². The summed E-state index contributed by atoms with van der Waals surface area (Å²) in [5.41, 5.74) is 2.61. The molecule has 3 rings (SSSR count). The Bertz CT molecular complexity index is 936. The quantitative estimate of drug-likeness (QED) is 0.384. The number of allylic oxidation sites excluding steroid dienone is 2. The van der Waals surface area contributed by atoms with Gasteiger partial charge in [-0.2, -0.15) is 8.78 Å². The number of cyclic esters (lactones) is 1. The van der Waals surface area contributed by atoms with Crippen LogP contribution in [0.5, 0.6) is 0 Å². The third-order valence-electron chi connectivity index (χ3n) is 5.62. The summed E-state index contributed by atoms with van der Waals surface area (Å²) in [4.78, 5) is 12.2. The van der Waals surface area contributed by atoms with Gasteiger partial charge in [0, 0.05) is 24.1 Å². The Hall–Kier alpha value is -2.35. The summed E-state index contributed by atoms with van der Waals surface area (Å²) in [5, 5.41) is 3.44. The highest BCUT2D eigenvalue weighted by atomic mass is 32.1. The monoisotopic (exact) mass is 425 g/mol. The van der Waals surface area contributed by atoms with Crippen LogP contribution in [0.4, 0.5) is 18.9 Å². The van der Waals surface area contributed by atoms with Gasteiger partial charge in [-0.1, -0.05) is 11.6 Å². The van der Waals surface area contributed by atoms with E-state index in [4.69, 9.17) is 21.7 Å². The fourth-order valence-corrected chi connectivity index (χ4v) is 4.36. The van der Waals surface area contributed by atoms with Crippen molar-refractivity contribution in [3.63, 3.8) is 0 Å². The molecule has 1 heterocycles. The molecule has 0 radical (unpaired) electrons. The van der Waals surface area contributed by atoms with Gasteiger partial charge in [0.05, 0.1) is 18.4 Å². The summed E-state index contributed by atoms with van der Waals surface area (Å²) in [5.74, 6) is -1.97. The van der Waals surface area contributed by atoms with E-state index in [9.17, 15) is 18.0 Å². The van der Waals surface area contributed by atoms with Gasteiger partial charge in [0.2, 0.25) is 0 Å². The Labute approximate surface area is 172 Å². The number of halogens is 3. The van der Waals surface area contributed by atoms with Crippen LogP contribution in [0, 0.1) is 12.8 Å². The molecule has 0 amide bonds. The smallest absolute Gasteiger partial charge is 0.341 e. The van der Waals surface area contributed by atoms with Crippen LogP contribution in [-0.4, -0.2) is 25.2 Å². The maximum absolute atomic E-state index is 14.5. The van der Waals surface area contributed by atoms with E-state index >= 15 is 0 Å². The molecule has 156 valence electrons. The summed E-state index contributed by atoms with van der Waals surface area (Å²) in [6, 6.07) is 0. The van der Waals surface area contributed by atoms with Crippen LogP contribution in [-0.2, 0) is 22.5 Å².